The van der Waals surface area contributed by atoms with Gasteiger partial charge in [-0.05, 0) is 0 Å². The number of nitrogens with two attached hydrogens (primary N) is 1. The fourth-order valence-corrected chi connectivity index (χ4v) is 1.01. The molecule has 0 radical (unpaired) electrons. The number of amides is 1. The van der Waals surface area contributed by atoms with Gasteiger partial charge in [-0.3, -0.25) is 4.79 Å². The van der Waals surface area contributed by atoms with E-state index in [1.807, 2.05) is 13.8 Å². The second kappa shape index (κ2) is 2.97. The van der Waals surface area contributed by atoms with Crippen molar-refractivity contribution in [3.05, 3.63) is 17.3 Å². The Labute approximate surface area is 70.8 Å². The average molecular weight is 168 g/mol. The van der Waals surface area contributed by atoms with Gasteiger partial charge in [0.15, 0.2) is 11.6 Å². The largest absolute Gasteiger partial charge is 0.445 e. The van der Waals surface area contributed by atoms with Crippen molar-refractivity contribution >= 4 is 5.91 Å². The number of rotatable bonds is 2. The quantitative estimate of drug-likeness (QED) is 0.721. The zero-order valence-electron chi connectivity index (χ0n) is 7.42. The van der Waals surface area contributed by atoms with Gasteiger partial charge in [0.1, 0.15) is 5.76 Å². The first kappa shape index (κ1) is 8.77. The minimum absolute atomic E-state index is 0.133. The Balaban J connectivity index is 3.17. The van der Waals surface area contributed by atoms with E-state index < -0.39 is 5.91 Å². The van der Waals surface area contributed by atoms with Crippen LogP contribution in [0.3, 0.4) is 0 Å². The first-order valence-electron chi connectivity index (χ1n) is 3.79. The Morgan fingerprint density at radius 1 is 1.58 bits per heavy atom. The summed E-state index contributed by atoms with van der Waals surface area (Å²) < 4.78 is 5.23. The van der Waals surface area contributed by atoms with Crippen molar-refractivity contribution in [1.82, 2.24) is 4.98 Å². The minimum Gasteiger partial charge on any atom is -0.445 e. The molecule has 0 fully saturated rings. The van der Waals surface area contributed by atoms with Gasteiger partial charge in [0.05, 0.1) is 0 Å². The van der Waals surface area contributed by atoms with E-state index >= 15 is 0 Å². The Morgan fingerprint density at radius 3 is 2.50 bits per heavy atom. The van der Waals surface area contributed by atoms with E-state index in [1.165, 1.54) is 0 Å². The molecule has 1 rings (SSSR count). The van der Waals surface area contributed by atoms with Crippen LogP contribution in [0.15, 0.2) is 4.42 Å². The maximum absolute atomic E-state index is 10.8. The molecule has 0 aliphatic rings. The summed E-state index contributed by atoms with van der Waals surface area (Å²) in [5, 5.41) is 0. The van der Waals surface area contributed by atoms with Gasteiger partial charge in [-0.15, -0.1) is 0 Å². The molecule has 0 atom stereocenters. The number of hydrogen-bond acceptors (Lipinski definition) is 3. The van der Waals surface area contributed by atoms with E-state index in [9.17, 15) is 4.79 Å². The van der Waals surface area contributed by atoms with Crippen molar-refractivity contribution < 1.29 is 9.21 Å². The van der Waals surface area contributed by atoms with E-state index in [0.717, 1.165) is 0 Å². The van der Waals surface area contributed by atoms with E-state index in [2.05, 4.69) is 4.98 Å². The molecular formula is C8H12N2O2. The van der Waals surface area contributed by atoms with E-state index in [-0.39, 0.29) is 11.6 Å². The molecule has 0 aliphatic carbocycles. The highest BCUT2D eigenvalue weighted by Crippen LogP contribution is 2.19. The number of hydrogen-bond donors (Lipinski definition) is 1. The molecule has 4 heteroatoms. The van der Waals surface area contributed by atoms with Crippen LogP contribution in [0.5, 0.6) is 0 Å². The van der Waals surface area contributed by atoms with E-state index in [0.29, 0.717) is 11.7 Å². The number of carbonyl (C=O) groups is 1. The maximum atomic E-state index is 10.8. The van der Waals surface area contributed by atoms with Crippen LogP contribution in [-0.4, -0.2) is 10.9 Å². The van der Waals surface area contributed by atoms with Gasteiger partial charge in [0, 0.05) is 12.8 Å². The summed E-state index contributed by atoms with van der Waals surface area (Å²) in [6, 6.07) is 0. The molecular weight excluding hydrogens is 156 g/mol. The highest BCUT2D eigenvalue weighted by molar-refractivity contribution is 5.91. The molecule has 2 N–H and O–H groups in total. The summed E-state index contributed by atoms with van der Waals surface area (Å²) in [4.78, 5) is 14.7. The standard InChI is InChI=1S/C8H12N2O2/c1-4(2)7-6(8(9)11)10-5(3)12-7/h4H,1-3H3,(H2,9,11). The third kappa shape index (κ3) is 1.47. The van der Waals surface area contributed by atoms with E-state index in [4.69, 9.17) is 10.2 Å². The van der Waals surface area contributed by atoms with Crippen molar-refractivity contribution in [2.24, 2.45) is 5.73 Å². The van der Waals surface area contributed by atoms with Gasteiger partial charge in [-0.1, -0.05) is 13.8 Å². The third-order valence-corrected chi connectivity index (χ3v) is 1.52. The van der Waals surface area contributed by atoms with Crippen LogP contribution in [-0.2, 0) is 0 Å². The van der Waals surface area contributed by atoms with Crippen molar-refractivity contribution in [2.45, 2.75) is 26.7 Å². The van der Waals surface area contributed by atoms with Crippen LogP contribution in [0.1, 0.15) is 41.9 Å². The summed E-state index contributed by atoms with van der Waals surface area (Å²) in [6.45, 7) is 5.54. The molecule has 66 valence electrons. The van der Waals surface area contributed by atoms with Crippen LogP contribution in [0.25, 0.3) is 0 Å². The molecule has 0 bridgehead atoms. The molecule has 0 unspecified atom stereocenters. The summed E-state index contributed by atoms with van der Waals surface area (Å²) in [5.74, 6) is 0.650. The van der Waals surface area contributed by atoms with Gasteiger partial charge in [0.2, 0.25) is 0 Å². The molecule has 0 aromatic carbocycles. The first-order valence-corrected chi connectivity index (χ1v) is 3.79. The summed E-state index contributed by atoms with van der Waals surface area (Å²) >= 11 is 0. The topological polar surface area (TPSA) is 69.1 Å². The van der Waals surface area contributed by atoms with Crippen molar-refractivity contribution in [1.29, 1.82) is 0 Å². The lowest BCUT2D eigenvalue weighted by molar-refractivity contribution is 0.0994. The van der Waals surface area contributed by atoms with E-state index in [1.54, 1.807) is 6.92 Å². The van der Waals surface area contributed by atoms with Gasteiger partial charge >= 0.3 is 0 Å². The second-order valence-electron chi connectivity index (χ2n) is 2.96. The Kier molecular flexibility index (Phi) is 2.17. The number of nitrogens with zero attached hydrogens (tertiary/aromatic N) is 1. The minimum atomic E-state index is -0.532. The Hall–Kier alpha value is -1.32. The van der Waals surface area contributed by atoms with Crippen molar-refractivity contribution in [2.75, 3.05) is 0 Å². The molecule has 12 heavy (non-hydrogen) atoms. The highest BCUT2D eigenvalue weighted by Gasteiger charge is 2.18. The molecule has 1 aromatic heterocycles. The molecule has 4 nitrogen and oxygen atoms in total. The molecule has 1 heterocycles. The highest BCUT2D eigenvalue weighted by atomic mass is 16.4. The monoisotopic (exact) mass is 168 g/mol. The Morgan fingerprint density at radius 2 is 2.17 bits per heavy atom. The zero-order chi connectivity index (χ0) is 9.30. The second-order valence-corrected chi connectivity index (χ2v) is 2.96. The maximum Gasteiger partial charge on any atom is 0.270 e. The lowest BCUT2D eigenvalue weighted by atomic mass is 10.1. The predicted octanol–water partition coefficient (Wildman–Crippen LogP) is 1.21. The normalized spacial score (nSPS) is 10.7. The summed E-state index contributed by atoms with van der Waals surface area (Å²) in [5.41, 5.74) is 5.36. The lowest BCUT2D eigenvalue weighted by Gasteiger charge is -1.99. The zero-order valence-corrected chi connectivity index (χ0v) is 7.42. The number of carbonyl (C=O) groups excluding carboxylic acids is 1. The fourth-order valence-electron chi connectivity index (χ4n) is 1.01. The summed E-state index contributed by atoms with van der Waals surface area (Å²) in [6.07, 6.45) is 0. The molecule has 0 saturated carbocycles. The van der Waals surface area contributed by atoms with Crippen LogP contribution in [0.4, 0.5) is 0 Å². The Bertz CT molecular complexity index is 302. The predicted molar refractivity (Wildman–Crippen MR) is 43.8 cm³/mol. The number of primary amides is 1. The first-order chi connectivity index (χ1) is 5.52. The number of aryl methyl sites for hydroxylation is 1. The molecule has 0 aliphatic heterocycles. The van der Waals surface area contributed by atoms with Crippen LogP contribution < -0.4 is 5.73 Å². The van der Waals surface area contributed by atoms with Gasteiger partial charge in [-0.25, -0.2) is 4.98 Å². The third-order valence-electron chi connectivity index (χ3n) is 1.52. The molecule has 1 amide bonds. The average Bonchev–Trinajstić information content (AvgIpc) is 2.31. The molecule has 1 aromatic rings. The van der Waals surface area contributed by atoms with Crippen LogP contribution >= 0.6 is 0 Å². The van der Waals surface area contributed by atoms with Gasteiger partial charge < -0.3 is 10.2 Å². The smallest absolute Gasteiger partial charge is 0.270 e. The van der Waals surface area contributed by atoms with Gasteiger partial charge in [0.25, 0.3) is 5.91 Å². The van der Waals surface area contributed by atoms with Crippen molar-refractivity contribution in [3.8, 4) is 0 Å². The lowest BCUT2D eigenvalue weighted by Crippen LogP contribution is -2.14. The summed E-state index contributed by atoms with van der Waals surface area (Å²) in [7, 11) is 0. The fraction of sp³-hybridized carbons (Fsp3) is 0.500. The van der Waals surface area contributed by atoms with Crippen molar-refractivity contribution in [3.63, 3.8) is 0 Å². The van der Waals surface area contributed by atoms with Crippen LogP contribution in [0, 0.1) is 6.92 Å². The SMILES string of the molecule is Cc1nc(C(N)=O)c(C(C)C)o1. The molecule has 0 saturated heterocycles. The van der Waals surface area contributed by atoms with Crippen LogP contribution in [0.2, 0.25) is 0 Å². The number of oxazole rings is 1. The van der Waals surface area contributed by atoms with Gasteiger partial charge in [-0.2, -0.15) is 0 Å². The number of aromatic nitrogens is 1. The molecule has 0 spiro atoms.